The van der Waals surface area contributed by atoms with Crippen LogP contribution in [0.5, 0.6) is 0 Å². The summed E-state index contributed by atoms with van der Waals surface area (Å²) in [6, 6.07) is -1.15. The largest absolute Gasteiger partial charge is 0.460 e. The molecule has 71 heavy (non-hydrogen) atoms. The number of esters is 1. The van der Waals surface area contributed by atoms with Gasteiger partial charge in [-0.1, -0.05) is 71.1 Å². The van der Waals surface area contributed by atoms with E-state index in [1.807, 2.05) is 51.2 Å². The van der Waals surface area contributed by atoms with Crippen molar-refractivity contribution in [3.05, 3.63) is 52.5 Å². The summed E-state index contributed by atoms with van der Waals surface area (Å²) in [5, 5.41) is 14.7. The minimum Gasteiger partial charge on any atom is -0.460 e. The molecule has 1 amide bonds. The fourth-order valence-corrected chi connectivity index (χ4v) is 12.0. The van der Waals surface area contributed by atoms with Gasteiger partial charge < -0.3 is 43.0 Å². The van der Waals surface area contributed by atoms with Gasteiger partial charge in [-0.25, -0.2) is 4.79 Å². The normalized spacial score (nSPS) is 38.1. The highest BCUT2D eigenvalue weighted by atomic mass is 28.4. The Morgan fingerprint density at radius 1 is 0.845 bits per heavy atom. The Morgan fingerprint density at radius 2 is 1.56 bits per heavy atom. The van der Waals surface area contributed by atoms with Crippen molar-refractivity contribution in [1.82, 2.24) is 4.90 Å². The van der Waals surface area contributed by atoms with Gasteiger partial charge in [-0.05, 0) is 127 Å². The molecule has 17 heteroatoms. The van der Waals surface area contributed by atoms with E-state index in [2.05, 4.69) is 25.0 Å². The number of nitrogens with zero attached hydrogens (tertiary/aromatic N) is 2. The molecule has 1 N–H and O–H groups in total. The molecule has 1 saturated carbocycles. The van der Waals surface area contributed by atoms with Gasteiger partial charge in [0.25, 0.3) is 11.7 Å². The number of hydrogen-bond donors (Lipinski definition) is 1. The second-order valence-corrected chi connectivity index (χ2v) is 26.4. The van der Waals surface area contributed by atoms with Crippen LogP contribution in [0.1, 0.15) is 126 Å². The van der Waals surface area contributed by atoms with Crippen molar-refractivity contribution < 1.29 is 62.0 Å². The van der Waals surface area contributed by atoms with Gasteiger partial charge in [0.2, 0.25) is 5.79 Å². The van der Waals surface area contributed by atoms with Crippen molar-refractivity contribution in [2.45, 2.75) is 200 Å². The molecule has 0 radical (unpaired) electrons. The SMILES string of the molecule is CO[C@H]1C[C@@H]2CC[C@@H](C)[C@@](O)(O2)C(=O)C(=O)N2CCCC[C@H]2C(=O)OC([C@H](C)C[C@@H]2CC[C@@H](O[Si](C)(C)C)[C@H](OC)C2)CC(=O)[C@H](C)/C=C(\C)[C@@H](ON=O)[C@@H](OC)C(=O)[C@H](C)C[C@H](C)/C=C/C=C/C=C/1C. The second-order valence-electron chi connectivity index (χ2n) is 21.9. The molecule has 0 aromatic carbocycles. The molecular weight excluding hydrogens is 929 g/mol. The molecule has 1 unspecified atom stereocenters. The molecule has 400 valence electrons. The number of rotatable bonds is 10. The number of ether oxygens (including phenoxy) is 5. The number of carbonyl (C=O) groups is 5. The number of piperidine rings is 1. The summed E-state index contributed by atoms with van der Waals surface area (Å²) in [7, 11) is 2.77. The molecule has 3 heterocycles. The molecule has 15 atom stereocenters. The highest BCUT2D eigenvalue weighted by molar-refractivity contribution is 6.69. The van der Waals surface area contributed by atoms with Crippen molar-refractivity contribution in [2.24, 2.45) is 40.8 Å². The van der Waals surface area contributed by atoms with Crippen LogP contribution in [-0.2, 0) is 56.9 Å². The van der Waals surface area contributed by atoms with E-state index >= 15 is 0 Å². The summed E-state index contributed by atoms with van der Waals surface area (Å²) in [5.41, 5.74) is 1.25. The molecule has 2 saturated heterocycles. The predicted molar refractivity (Wildman–Crippen MR) is 272 cm³/mol. The zero-order valence-corrected chi connectivity index (χ0v) is 45.9. The summed E-state index contributed by atoms with van der Waals surface area (Å²) >= 11 is 0. The number of fused-ring (bicyclic) bond motifs is 3. The molecule has 4 aliphatic rings. The molecule has 1 aliphatic carbocycles. The molecule has 0 spiro atoms. The van der Waals surface area contributed by atoms with Crippen molar-refractivity contribution in [3.63, 3.8) is 0 Å². The second kappa shape index (κ2) is 27.5. The van der Waals surface area contributed by atoms with Crippen LogP contribution in [0.2, 0.25) is 19.6 Å². The van der Waals surface area contributed by atoms with E-state index in [-0.39, 0.29) is 60.9 Å². The highest BCUT2D eigenvalue weighted by Crippen LogP contribution is 2.38. The van der Waals surface area contributed by atoms with E-state index in [0.717, 1.165) is 24.8 Å². The van der Waals surface area contributed by atoms with Crippen LogP contribution < -0.4 is 0 Å². The van der Waals surface area contributed by atoms with Gasteiger partial charge in [-0.2, -0.15) is 0 Å². The van der Waals surface area contributed by atoms with E-state index in [9.17, 15) is 34.0 Å². The minimum absolute atomic E-state index is 0.0217. The molecule has 16 nitrogen and oxygen atoms in total. The van der Waals surface area contributed by atoms with Gasteiger partial charge in [0.1, 0.15) is 17.9 Å². The Bertz CT molecular complexity index is 1950. The molecule has 3 fully saturated rings. The third kappa shape index (κ3) is 16.6. The summed E-state index contributed by atoms with van der Waals surface area (Å²) in [4.78, 5) is 89.7. The number of cyclic esters (lactones) is 1. The molecule has 0 aromatic heterocycles. The van der Waals surface area contributed by atoms with Gasteiger partial charge >= 0.3 is 5.97 Å². The average molecular weight is 1020 g/mol. The summed E-state index contributed by atoms with van der Waals surface area (Å²) in [5.74, 6) is -8.12. The number of aliphatic hydroxyl groups is 1. The van der Waals surface area contributed by atoms with Crippen LogP contribution in [0.3, 0.4) is 0 Å². The Morgan fingerprint density at radius 3 is 2.21 bits per heavy atom. The smallest absolute Gasteiger partial charge is 0.329 e. The monoisotopic (exact) mass is 1010 g/mol. The van der Waals surface area contributed by atoms with Crippen molar-refractivity contribution in [2.75, 3.05) is 27.9 Å². The molecule has 2 bridgehead atoms. The molecule has 4 rings (SSSR count). The number of carbonyl (C=O) groups excluding carboxylic acids is 5. The summed E-state index contributed by atoms with van der Waals surface area (Å²) < 4.78 is 36.5. The maximum Gasteiger partial charge on any atom is 0.329 e. The lowest BCUT2D eigenvalue weighted by Crippen LogP contribution is -2.61. The summed E-state index contributed by atoms with van der Waals surface area (Å²) in [6.07, 6.45) is 12.4. The van der Waals surface area contributed by atoms with Crippen molar-refractivity contribution >= 4 is 37.5 Å². The first-order valence-electron chi connectivity index (χ1n) is 25.9. The number of amides is 1. The third-order valence-electron chi connectivity index (χ3n) is 15.1. The number of allylic oxidation sites excluding steroid dienone is 6. The van der Waals surface area contributed by atoms with Crippen molar-refractivity contribution in [3.8, 4) is 0 Å². The quantitative estimate of drug-likeness (QED) is 0.0543. The maximum atomic E-state index is 14.6. The van der Waals surface area contributed by atoms with E-state index in [1.165, 1.54) is 12.0 Å². The number of hydrogen-bond acceptors (Lipinski definition) is 15. The fourth-order valence-electron chi connectivity index (χ4n) is 10.9. The number of methoxy groups -OCH3 is 3. The lowest BCUT2D eigenvalue weighted by atomic mass is 9.78. The van der Waals surface area contributed by atoms with Crippen LogP contribution in [0.25, 0.3) is 0 Å². The van der Waals surface area contributed by atoms with E-state index in [0.29, 0.717) is 50.5 Å². The van der Waals surface area contributed by atoms with Crippen LogP contribution in [0, 0.1) is 40.4 Å². The van der Waals surface area contributed by atoms with Gasteiger partial charge in [-0.3, -0.25) is 19.2 Å². The first-order valence-corrected chi connectivity index (χ1v) is 29.4. The van der Waals surface area contributed by atoms with Gasteiger partial charge in [0.15, 0.2) is 31.6 Å². The minimum atomic E-state index is -2.44. The highest BCUT2D eigenvalue weighted by Gasteiger charge is 2.53. The van der Waals surface area contributed by atoms with Crippen molar-refractivity contribution in [1.29, 1.82) is 0 Å². The third-order valence-corrected chi connectivity index (χ3v) is 16.1. The van der Waals surface area contributed by atoms with Crippen LogP contribution in [-0.4, -0.2) is 130 Å². The number of ketones is 3. The number of Topliss-reactive ketones (excluding diaryl/α,β-unsaturated/α-hetero) is 3. The molecular formula is C54H86N2O14Si. The Labute approximate surface area is 424 Å². The Kier molecular flexibility index (Phi) is 23.2. The first-order chi connectivity index (χ1) is 33.5. The molecule has 3 aliphatic heterocycles. The predicted octanol–water partition coefficient (Wildman–Crippen LogP) is 8.75. The first kappa shape index (κ1) is 59.8. The lowest BCUT2D eigenvalue weighted by molar-refractivity contribution is -0.265. The lowest BCUT2D eigenvalue weighted by Gasteiger charge is -2.42. The van der Waals surface area contributed by atoms with Crippen LogP contribution >= 0.6 is 0 Å². The average Bonchev–Trinajstić information content (AvgIpc) is 3.32. The van der Waals surface area contributed by atoms with E-state index in [4.69, 9.17) is 32.9 Å². The van der Waals surface area contributed by atoms with Gasteiger partial charge in [-0.15, -0.1) is 4.91 Å². The molecule has 0 aromatic rings. The Balaban J connectivity index is 1.73. The van der Waals surface area contributed by atoms with Gasteiger partial charge in [0.05, 0.1) is 24.4 Å². The van der Waals surface area contributed by atoms with Crippen LogP contribution in [0.15, 0.2) is 52.9 Å². The zero-order chi connectivity index (χ0) is 52.8. The maximum absolute atomic E-state index is 14.6. The van der Waals surface area contributed by atoms with E-state index < -0.39 is 86.1 Å². The zero-order valence-electron chi connectivity index (χ0n) is 44.9. The van der Waals surface area contributed by atoms with Gasteiger partial charge in [0, 0.05) is 58.5 Å². The summed E-state index contributed by atoms with van der Waals surface area (Å²) in [6.45, 7) is 19.2. The fraction of sp³-hybridized carbons (Fsp3) is 0.759. The Hall–Kier alpha value is -3.71. The van der Waals surface area contributed by atoms with E-state index in [1.54, 1.807) is 48.0 Å². The standard InChI is InChI=1S/C54H86N2O14Si/c1-33-19-15-14-16-20-34(2)45(64-8)31-41-24-22-39(7)54(62,68-41)51(59)52(60)56-26-18-17-21-42(56)53(61)67-46(36(4)29-40-23-25-44(47(30-40)65-9)70-71(11,12)13)32-43(57)35(3)28-38(6)49(69-55-63)50(66-10)48(58)37(5)27-33/h14-16,19-20,28,33,35-37,39-42,44-47,49-50,62H,17-18,21-27,29-32H2,1-13H3/b16-14+,19-15+,34-20+,38-28+/t33-,35-,36-,37-,39-,40+,41+,42+,44-,45+,46?,47-,49-,50+,54-/m1/s1. The topological polar surface area (TPSA) is 203 Å². The van der Waals surface area contributed by atoms with Crippen LogP contribution in [0.4, 0.5) is 0 Å².